The van der Waals surface area contributed by atoms with Crippen molar-refractivity contribution in [2.45, 2.75) is 6.54 Å². The molecule has 0 unspecified atom stereocenters. The summed E-state index contributed by atoms with van der Waals surface area (Å²) in [4.78, 5) is 0. The van der Waals surface area contributed by atoms with E-state index >= 15 is 0 Å². The van der Waals surface area contributed by atoms with Gasteiger partial charge in [-0.2, -0.15) is 5.10 Å². The van der Waals surface area contributed by atoms with Gasteiger partial charge in [0.1, 0.15) is 0 Å². The first-order valence-electron chi connectivity index (χ1n) is 7.41. The fraction of sp³-hybridized carbons (Fsp3) is 0.0588. The molecular weight excluding hydrogens is 434 g/mol. The van der Waals surface area contributed by atoms with Crippen LogP contribution < -0.4 is 10.6 Å². The van der Waals surface area contributed by atoms with Crippen molar-refractivity contribution in [1.29, 1.82) is 0 Å². The SMILES string of the molecule is S=C(Nc1cnn(Cc2ccc(Cl)c(Cl)c2)c1)Nc1cccc(Cl)c1Cl. The summed E-state index contributed by atoms with van der Waals surface area (Å²) in [6.45, 7) is 0.554. The zero-order valence-electron chi connectivity index (χ0n) is 13.1. The molecule has 9 heteroatoms. The molecule has 0 amide bonds. The summed E-state index contributed by atoms with van der Waals surface area (Å²) in [5.74, 6) is 0. The van der Waals surface area contributed by atoms with Gasteiger partial charge in [-0.3, -0.25) is 4.68 Å². The van der Waals surface area contributed by atoms with Crippen LogP contribution in [-0.2, 0) is 6.54 Å². The minimum atomic E-state index is 0.378. The highest BCUT2D eigenvalue weighted by molar-refractivity contribution is 7.80. The summed E-state index contributed by atoms with van der Waals surface area (Å²) < 4.78 is 1.76. The Bertz CT molecular complexity index is 958. The van der Waals surface area contributed by atoms with Gasteiger partial charge in [-0.1, -0.05) is 58.5 Å². The standard InChI is InChI=1S/C17H12Cl4N4S/c18-12-5-4-10(6-14(12)20)8-25-9-11(7-22-25)23-17(26)24-15-3-1-2-13(19)16(15)21/h1-7,9H,8H2,(H2,23,24,26). The number of rotatable bonds is 4. The Labute approximate surface area is 176 Å². The Balaban J connectivity index is 1.63. The molecule has 0 spiro atoms. The van der Waals surface area contributed by atoms with Gasteiger partial charge in [0.25, 0.3) is 0 Å². The normalized spacial score (nSPS) is 10.6. The highest BCUT2D eigenvalue weighted by Gasteiger charge is 2.08. The van der Waals surface area contributed by atoms with Gasteiger partial charge in [-0.05, 0) is 42.0 Å². The first kappa shape index (κ1) is 19.3. The van der Waals surface area contributed by atoms with Gasteiger partial charge in [0.15, 0.2) is 5.11 Å². The van der Waals surface area contributed by atoms with E-state index in [2.05, 4.69) is 15.7 Å². The van der Waals surface area contributed by atoms with E-state index < -0.39 is 0 Å². The van der Waals surface area contributed by atoms with Crippen molar-refractivity contribution in [1.82, 2.24) is 9.78 Å². The maximum atomic E-state index is 6.14. The molecule has 1 aromatic heterocycles. The summed E-state index contributed by atoms with van der Waals surface area (Å²) in [6.07, 6.45) is 3.50. The number of hydrogen-bond donors (Lipinski definition) is 2. The van der Waals surface area contributed by atoms with Crippen molar-refractivity contribution in [3.8, 4) is 0 Å². The van der Waals surface area contributed by atoms with Gasteiger partial charge in [0.2, 0.25) is 0 Å². The maximum absolute atomic E-state index is 6.14. The second-order valence-electron chi connectivity index (χ2n) is 5.36. The summed E-state index contributed by atoms with van der Waals surface area (Å²) in [5, 5.41) is 12.6. The zero-order valence-corrected chi connectivity index (χ0v) is 17.0. The Hall–Kier alpha value is -1.50. The van der Waals surface area contributed by atoms with Crippen LogP contribution in [0.4, 0.5) is 11.4 Å². The van der Waals surface area contributed by atoms with Crippen molar-refractivity contribution < 1.29 is 0 Å². The Morgan fingerprint density at radius 1 is 1.00 bits per heavy atom. The molecule has 0 aliphatic heterocycles. The topological polar surface area (TPSA) is 41.9 Å². The van der Waals surface area contributed by atoms with Crippen LogP contribution in [0, 0.1) is 0 Å². The minimum Gasteiger partial charge on any atom is -0.331 e. The molecule has 0 radical (unpaired) electrons. The maximum Gasteiger partial charge on any atom is 0.175 e. The summed E-state index contributed by atoms with van der Waals surface area (Å²) in [5.41, 5.74) is 2.35. The smallest absolute Gasteiger partial charge is 0.175 e. The van der Waals surface area contributed by atoms with E-state index in [-0.39, 0.29) is 0 Å². The lowest BCUT2D eigenvalue weighted by atomic mass is 10.2. The number of anilines is 2. The monoisotopic (exact) mass is 444 g/mol. The van der Waals surface area contributed by atoms with Crippen LogP contribution in [0.1, 0.15) is 5.56 Å². The summed E-state index contributed by atoms with van der Waals surface area (Å²) in [7, 11) is 0. The van der Waals surface area contributed by atoms with E-state index in [9.17, 15) is 0 Å². The molecule has 4 nitrogen and oxygen atoms in total. The van der Waals surface area contributed by atoms with E-state index in [0.29, 0.717) is 37.4 Å². The lowest BCUT2D eigenvalue weighted by molar-refractivity contribution is 0.687. The van der Waals surface area contributed by atoms with Crippen LogP contribution in [0.2, 0.25) is 20.1 Å². The van der Waals surface area contributed by atoms with Gasteiger partial charge >= 0.3 is 0 Å². The predicted octanol–water partition coefficient (Wildman–Crippen LogP) is 6.35. The quantitative estimate of drug-likeness (QED) is 0.458. The molecule has 2 aromatic carbocycles. The van der Waals surface area contributed by atoms with Crippen molar-refractivity contribution in [3.05, 3.63) is 74.4 Å². The molecule has 0 aliphatic carbocycles. The number of halogens is 4. The summed E-state index contributed by atoms with van der Waals surface area (Å²) in [6, 6.07) is 10.8. The van der Waals surface area contributed by atoms with E-state index in [1.165, 1.54) is 0 Å². The predicted molar refractivity (Wildman–Crippen MR) is 114 cm³/mol. The Kier molecular flexibility index (Phi) is 6.27. The van der Waals surface area contributed by atoms with Crippen LogP contribution >= 0.6 is 58.6 Å². The molecule has 0 saturated heterocycles. The van der Waals surface area contributed by atoms with Gasteiger partial charge in [-0.15, -0.1) is 0 Å². The van der Waals surface area contributed by atoms with Crippen molar-refractivity contribution >= 4 is 75.1 Å². The van der Waals surface area contributed by atoms with Crippen LogP contribution in [0.5, 0.6) is 0 Å². The second-order valence-corrected chi connectivity index (χ2v) is 7.36. The molecule has 0 aliphatic rings. The Morgan fingerprint density at radius 3 is 2.58 bits per heavy atom. The highest BCUT2D eigenvalue weighted by atomic mass is 35.5. The number of aromatic nitrogens is 2. The van der Waals surface area contributed by atoms with E-state index in [1.54, 1.807) is 35.1 Å². The van der Waals surface area contributed by atoms with E-state index in [0.717, 1.165) is 11.3 Å². The molecule has 134 valence electrons. The number of hydrogen-bond acceptors (Lipinski definition) is 2. The van der Waals surface area contributed by atoms with Gasteiger partial charge in [0.05, 0.1) is 44.2 Å². The summed E-state index contributed by atoms with van der Waals surface area (Å²) >= 11 is 29.4. The first-order chi connectivity index (χ1) is 12.4. The molecular formula is C17H12Cl4N4S. The number of benzene rings is 2. The molecule has 26 heavy (non-hydrogen) atoms. The van der Waals surface area contributed by atoms with Crippen molar-refractivity contribution in [3.63, 3.8) is 0 Å². The third kappa shape index (κ3) is 4.81. The molecule has 2 N–H and O–H groups in total. The van der Waals surface area contributed by atoms with Crippen LogP contribution in [0.3, 0.4) is 0 Å². The molecule has 0 fully saturated rings. The third-order valence-corrected chi connectivity index (χ3v) is 5.18. The largest absolute Gasteiger partial charge is 0.331 e. The minimum absolute atomic E-state index is 0.378. The molecule has 0 saturated carbocycles. The number of nitrogens with zero attached hydrogens (tertiary/aromatic N) is 2. The highest BCUT2D eigenvalue weighted by Crippen LogP contribution is 2.29. The third-order valence-electron chi connectivity index (χ3n) is 3.42. The Morgan fingerprint density at radius 2 is 1.81 bits per heavy atom. The van der Waals surface area contributed by atoms with E-state index in [1.807, 2.05) is 18.3 Å². The molecule has 3 aromatic rings. The molecule has 3 rings (SSSR count). The van der Waals surface area contributed by atoms with Crippen LogP contribution in [0.25, 0.3) is 0 Å². The number of nitrogens with one attached hydrogen (secondary N) is 2. The fourth-order valence-corrected chi connectivity index (χ4v) is 3.12. The molecule has 0 bridgehead atoms. The zero-order chi connectivity index (χ0) is 18.7. The number of thiocarbonyl (C=S) groups is 1. The average molecular weight is 446 g/mol. The van der Waals surface area contributed by atoms with Gasteiger partial charge in [0, 0.05) is 6.20 Å². The molecule has 1 heterocycles. The second kappa shape index (κ2) is 8.46. The van der Waals surface area contributed by atoms with Gasteiger partial charge < -0.3 is 10.6 Å². The first-order valence-corrected chi connectivity index (χ1v) is 9.33. The van der Waals surface area contributed by atoms with Gasteiger partial charge in [-0.25, -0.2) is 0 Å². The lowest BCUT2D eigenvalue weighted by Gasteiger charge is -2.11. The fourth-order valence-electron chi connectivity index (χ4n) is 2.22. The van der Waals surface area contributed by atoms with Crippen LogP contribution in [0.15, 0.2) is 48.8 Å². The van der Waals surface area contributed by atoms with E-state index in [4.69, 9.17) is 58.6 Å². The van der Waals surface area contributed by atoms with Crippen molar-refractivity contribution in [2.75, 3.05) is 10.6 Å². The van der Waals surface area contributed by atoms with Crippen molar-refractivity contribution in [2.24, 2.45) is 0 Å². The van der Waals surface area contributed by atoms with Crippen LogP contribution in [-0.4, -0.2) is 14.9 Å². The molecule has 0 atom stereocenters. The average Bonchev–Trinajstić information content (AvgIpc) is 3.02. The lowest BCUT2D eigenvalue weighted by Crippen LogP contribution is -2.19.